The van der Waals surface area contributed by atoms with Crippen molar-refractivity contribution in [3.8, 4) is 0 Å². The molecule has 1 aliphatic heterocycles. The van der Waals surface area contributed by atoms with Crippen LogP contribution in [0.15, 0.2) is 0 Å². The molecule has 10 nitrogen and oxygen atoms in total. The molecule has 0 aliphatic carbocycles. The van der Waals surface area contributed by atoms with E-state index in [1.807, 2.05) is 0 Å². The minimum atomic E-state index is -0.730. The Morgan fingerprint density at radius 1 is 0.488 bits per heavy atom. The molecule has 4 atom stereocenters. The van der Waals surface area contributed by atoms with Gasteiger partial charge in [0.05, 0.1) is 6.10 Å². The molecule has 0 amide bonds. The molecule has 0 spiro atoms. The topological polar surface area (TPSA) is 149 Å². The first kappa shape index (κ1) is 39.3. The quantitative estimate of drug-likeness (QED) is 0.0675. The average Bonchev–Trinajstić information content (AvgIpc) is 3.30. The molecule has 0 aromatic rings. The van der Waals surface area contributed by atoms with Crippen molar-refractivity contribution >= 4 is 17.9 Å². The fourth-order valence-electron chi connectivity index (χ4n) is 5.43. The highest BCUT2D eigenvalue weighted by Gasteiger charge is 2.46. The Kier molecular flexibility index (Phi) is 24.3. The first-order valence-corrected chi connectivity index (χ1v) is 17.0. The largest absolute Gasteiger partial charge is 0.481 e. The number of ether oxygens (including phenoxy) is 4. The molecule has 0 saturated carbocycles. The van der Waals surface area contributed by atoms with E-state index in [4.69, 9.17) is 34.3 Å². The summed E-state index contributed by atoms with van der Waals surface area (Å²) < 4.78 is 25.2. The van der Waals surface area contributed by atoms with Crippen molar-refractivity contribution in [3.05, 3.63) is 0 Å². The number of carboxylic acids is 3. The molecule has 252 valence electrons. The lowest BCUT2D eigenvalue weighted by molar-refractivity contribution is -0.179. The van der Waals surface area contributed by atoms with Crippen molar-refractivity contribution in [1.29, 1.82) is 0 Å². The van der Waals surface area contributed by atoms with Gasteiger partial charge in [-0.15, -0.1) is 0 Å². The van der Waals surface area contributed by atoms with Gasteiger partial charge in [0.25, 0.3) is 0 Å². The summed E-state index contributed by atoms with van der Waals surface area (Å²) in [6, 6.07) is 0. The maximum atomic E-state index is 10.6. The number of rotatable bonds is 31. The maximum Gasteiger partial charge on any atom is 0.303 e. The van der Waals surface area contributed by atoms with Gasteiger partial charge < -0.3 is 34.3 Å². The van der Waals surface area contributed by atoms with Crippen LogP contribution in [-0.4, -0.2) is 77.7 Å². The second-order valence-corrected chi connectivity index (χ2v) is 11.8. The SMILES string of the molecule is CC[C@H]1O[C@@H](OCCCCCCCCC(=O)O)[C@@H](OCCCCCCCCC(=O)O)C1OCCCCCCCCC(=O)O. The summed E-state index contributed by atoms with van der Waals surface area (Å²) >= 11 is 0. The Hall–Kier alpha value is -1.75. The van der Waals surface area contributed by atoms with E-state index < -0.39 is 24.2 Å². The lowest BCUT2D eigenvalue weighted by Gasteiger charge is -2.25. The van der Waals surface area contributed by atoms with E-state index >= 15 is 0 Å². The number of aliphatic carboxylic acids is 3. The molecular formula is C33H60O10. The highest BCUT2D eigenvalue weighted by Crippen LogP contribution is 2.30. The Labute approximate surface area is 259 Å². The zero-order valence-electron chi connectivity index (χ0n) is 26.7. The van der Waals surface area contributed by atoms with Gasteiger partial charge in [-0.2, -0.15) is 0 Å². The van der Waals surface area contributed by atoms with Gasteiger partial charge in [-0.05, 0) is 44.9 Å². The van der Waals surface area contributed by atoms with Crippen LogP contribution < -0.4 is 0 Å². The first-order chi connectivity index (χ1) is 20.8. The fraction of sp³-hybridized carbons (Fsp3) is 0.909. The molecule has 43 heavy (non-hydrogen) atoms. The molecule has 1 fully saturated rings. The van der Waals surface area contributed by atoms with Crippen molar-refractivity contribution in [2.75, 3.05) is 19.8 Å². The third-order valence-corrected chi connectivity index (χ3v) is 7.93. The summed E-state index contributed by atoms with van der Waals surface area (Å²) in [7, 11) is 0. The van der Waals surface area contributed by atoms with Gasteiger partial charge in [0, 0.05) is 39.1 Å². The van der Waals surface area contributed by atoms with E-state index in [2.05, 4.69) is 6.92 Å². The molecular weight excluding hydrogens is 556 g/mol. The second-order valence-electron chi connectivity index (χ2n) is 11.8. The highest BCUT2D eigenvalue weighted by molar-refractivity contribution is 5.67. The fourth-order valence-corrected chi connectivity index (χ4v) is 5.43. The minimum absolute atomic E-state index is 0.0884. The van der Waals surface area contributed by atoms with Crippen molar-refractivity contribution in [3.63, 3.8) is 0 Å². The lowest BCUT2D eigenvalue weighted by atomic mass is 10.1. The summed E-state index contributed by atoms with van der Waals surface area (Å²) in [5.74, 6) is -2.19. The predicted octanol–water partition coefficient (Wildman–Crippen LogP) is 7.35. The van der Waals surface area contributed by atoms with Crippen LogP contribution in [-0.2, 0) is 33.3 Å². The van der Waals surface area contributed by atoms with Crippen LogP contribution in [0.5, 0.6) is 0 Å². The van der Waals surface area contributed by atoms with Gasteiger partial charge in [0.1, 0.15) is 12.2 Å². The van der Waals surface area contributed by atoms with Gasteiger partial charge in [0.2, 0.25) is 0 Å². The Balaban J connectivity index is 2.43. The molecule has 0 aromatic carbocycles. The predicted molar refractivity (Wildman–Crippen MR) is 164 cm³/mol. The van der Waals surface area contributed by atoms with Gasteiger partial charge in [0.15, 0.2) is 6.29 Å². The van der Waals surface area contributed by atoms with Gasteiger partial charge in [-0.1, -0.05) is 84.0 Å². The molecule has 0 bridgehead atoms. The van der Waals surface area contributed by atoms with Crippen molar-refractivity contribution < 1.29 is 48.7 Å². The summed E-state index contributed by atoms with van der Waals surface area (Å²) in [4.78, 5) is 31.9. The number of unbranched alkanes of at least 4 members (excludes halogenated alkanes) is 15. The number of hydrogen-bond donors (Lipinski definition) is 3. The van der Waals surface area contributed by atoms with Crippen LogP contribution in [0.4, 0.5) is 0 Å². The highest BCUT2D eigenvalue weighted by atomic mass is 16.7. The van der Waals surface area contributed by atoms with Crippen molar-refractivity contribution in [2.24, 2.45) is 0 Å². The number of carboxylic acid groups (broad SMARTS) is 3. The van der Waals surface area contributed by atoms with Gasteiger partial charge in [-0.25, -0.2) is 0 Å². The minimum Gasteiger partial charge on any atom is -0.481 e. The lowest BCUT2D eigenvalue weighted by Crippen LogP contribution is -2.39. The molecule has 0 radical (unpaired) electrons. The van der Waals surface area contributed by atoms with Crippen LogP contribution >= 0.6 is 0 Å². The monoisotopic (exact) mass is 616 g/mol. The summed E-state index contributed by atoms with van der Waals surface area (Å²) in [5.41, 5.74) is 0. The zero-order chi connectivity index (χ0) is 31.5. The van der Waals surface area contributed by atoms with Crippen LogP contribution in [0.1, 0.15) is 148 Å². The third-order valence-electron chi connectivity index (χ3n) is 7.93. The average molecular weight is 617 g/mol. The zero-order valence-corrected chi connectivity index (χ0v) is 26.7. The van der Waals surface area contributed by atoms with Crippen LogP contribution in [0.2, 0.25) is 0 Å². The summed E-state index contributed by atoms with van der Waals surface area (Å²) in [6.07, 6.45) is 17.8. The summed E-state index contributed by atoms with van der Waals surface area (Å²) in [5, 5.41) is 26.3. The van der Waals surface area contributed by atoms with Gasteiger partial charge >= 0.3 is 17.9 Å². The molecule has 1 saturated heterocycles. The Bertz CT molecular complexity index is 716. The molecule has 0 aromatic heterocycles. The molecule has 1 aliphatic rings. The molecule has 1 rings (SSSR count). The van der Waals surface area contributed by atoms with Crippen molar-refractivity contribution in [2.45, 2.75) is 173 Å². The van der Waals surface area contributed by atoms with E-state index in [1.165, 1.54) is 0 Å². The van der Waals surface area contributed by atoms with Gasteiger partial charge in [-0.3, -0.25) is 14.4 Å². The van der Waals surface area contributed by atoms with E-state index in [9.17, 15) is 14.4 Å². The molecule has 10 heteroatoms. The van der Waals surface area contributed by atoms with E-state index in [-0.39, 0.29) is 37.6 Å². The normalized spacial score (nSPS) is 20.0. The standard InChI is InChI=1S/C33H60O10/c1-2-27-31(40-24-18-12-6-3-9-15-21-28(34)35)32(41-25-19-13-7-4-10-16-22-29(36)37)33(43-27)42-26-20-14-8-5-11-17-23-30(38)39/h27,31-33H,2-26H2,1H3,(H,34,35)(H,36,37)(H,38,39)/t27-,31?,32+,33-/m1/s1. The van der Waals surface area contributed by atoms with Crippen LogP contribution in [0, 0.1) is 0 Å². The Morgan fingerprint density at radius 3 is 1.19 bits per heavy atom. The molecule has 1 unspecified atom stereocenters. The van der Waals surface area contributed by atoms with Crippen LogP contribution in [0.3, 0.4) is 0 Å². The second kappa shape index (κ2) is 26.6. The number of hydrogen-bond acceptors (Lipinski definition) is 7. The smallest absolute Gasteiger partial charge is 0.303 e. The van der Waals surface area contributed by atoms with E-state index in [0.29, 0.717) is 19.8 Å². The van der Waals surface area contributed by atoms with Crippen molar-refractivity contribution in [1.82, 2.24) is 0 Å². The van der Waals surface area contributed by atoms with E-state index in [1.54, 1.807) is 0 Å². The summed E-state index contributed by atoms with van der Waals surface area (Å²) in [6.45, 7) is 3.91. The third kappa shape index (κ3) is 21.6. The first-order valence-electron chi connectivity index (χ1n) is 17.0. The van der Waals surface area contributed by atoms with Crippen LogP contribution in [0.25, 0.3) is 0 Å². The van der Waals surface area contributed by atoms with E-state index in [0.717, 1.165) is 122 Å². The maximum absolute atomic E-state index is 10.6. The molecule has 1 heterocycles. The molecule has 3 N–H and O–H groups in total. The Morgan fingerprint density at radius 2 is 0.814 bits per heavy atom. The number of carbonyl (C=O) groups is 3.